The lowest BCUT2D eigenvalue weighted by Crippen LogP contribution is -2.46. The summed E-state index contributed by atoms with van der Waals surface area (Å²) in [4.78, 5) is 24.4. The number of amides is 2. The molecule has 0 aromatic heterocycles. The maximum absolute atomic E-state index is 12.0. The third-order valence-electron chi connectivity index (χ3n) is 2.64. The molecule has 1 saturated heterocycles. The number of carbonyl (C=O) groups is 2. The highest BCUT2D eigenvalue weighted by atomic mass is 35.5. The van der Waals surface area contributed by atoms with E-state index in [1.807, 2.05) is 13.8 Å². The molecule has 2 amide bonds. The minimum absolute atomic E-state index is 0. The zero-order chi connectivity index (χ0) is 11.4. The molecule has 16 heavy (non-hydrogen) atoms. The smallest absolute Gasteiger partial charge is 0.237 e. The second kappa shape index (κ2) is 6.70. The number of hydrogen-bond acceptors (Lipinski definition) is 3. The van der Waals surface area contributed by atoms with E-state index in [2.05, 4.69) is 5.32 Å². The fraction of sp³-hybridized carbons (Fsp3) is 0.800. The van der Waals surface area contributed by atoms with Crippen LogP contribution in [0.1, 0.15) is 20.3 Å². The van der Waals surface area contributed by atoms with Crippen molar-refractivity contribution in [3.63, 3.8) is 0 Å². The van der Waals surface area contributed by atoms with Gasteiger partial charge in [0, 0.05) is 12.6 Å². The zero-order valence-electron chi connectivity index (χ0n) is 9.73. The van der Waals surface area contributed by atoms with Gasteiger partial charge in [0.2, 0.25) is 11.8 Å². The van der Waals surface area contributed by atoms with Gasteiger partial charge in [0.15, 0.2) is 0 Å². The number of hydrogen-bond donors (Lipinski definition) is 2. The van der Waals surface area contributed by atoms with Crippen LogP contribution in [0.2, 0.25) is 0 Å². The van der Waals surface area contributed by atoms with Gasteiger partial charge in [-0.05, 0) is 26.8 Å². The molecule has 0 radical (unpaired) electrons. The third kappa shape index (κ3) is 3.98. The molecule has 0 bridgehead atoms. The molecule has 3 N–H and O–H groups in total. The van der Waals surface area contributed by atoms with E-state index in [1.165, 1.54) is 0 Å². The Kier molecular flexibility index (Phi) is 6.36. The predicted octanol–water partition coefficient (Wildman–Crippen LogP) is -0.260. The molecule has 1 heterocycles. The maximum atomic E-state index is 12.0. The topological polar surface area (TPSA) is 75.4 Å². The molecule has 94 valence electrons. The van der Waals surface area contributed by atoms with Crippen LogP contribution in [-0.4, -0.2) is 42.4 Å². The highest BCUT2D eigenvalue weighted by Gasteiger charge is 2.29. The van der Waals surface area contributed by atoms with Crippen molar-refractivity contribution in [2.45, 2.75) is 26.3 Å². The molecule has 5 nitrogen and oxygen atoms in total. The molecular weight excluding hydrogens is 230 g/mol. The van der Waals surface area contributed by atoms with E-state index in [1.54, 1.807) is 4.90 Å². The highest BCUT2D eigenvalue weighted by Crippen LogP contribution is 2.13. The van der Waals surface area contributed by atoms with E-state index in [-0.39, 0.29) is 36.8 Å². The zero-order valence-corrected chi connectivity index (χ0v) is 10.5. The van der Waals surface area contributed by atoms with Crippen molar-refractivity contribution >= 4 is 24.2 Å². The number of primary amides is 1. The minimum Gasteiger partial charge on any atom is -0.368 e. The Morgan fingerprint density at radius 2 is 2.12 bits per heavy atom. The normalized spacial score (nSPS) is 19.3. The molecule has 1 atom stereocenters. The first-order chi connectivity index (χ1) is 7.02. The highest BCUT2D eigenvalue weighted by molar-refractivity contribution is 5.86. The monoisotopic (exact) mass is 249 g/mol. The third-order valence-corrected chi connectivity index (χ3v) is 2.64. The first-order valence-electron chi connectivity index (χ1n) is 5.32. The number of carbonyl (C=O) groups excluding carboxylic acids is 2. The van der Waals surface area contributed by atoms with Gasteiger partial charge in [-0.3, -0.25) is 9.59 Å². The molecule has 1 fully saturated rings. The number of nitrogens with one attached hydrogen (secondary N) is 1. The second-order valence-corrected chi connectivity index (χ2v) is 4.22. The van der Waals surface area contributed by atoms with Crippen molar-refractivity contribution in [1.29, 1.82) is 0 Å². The fourth-order valence-corrected chi connectivity index (χ4v) is 1.78. The summed E-state index contributed by atoms with van der Waals surface area (Å²) in [5, 5.41) is 3.14. The molecule has 0 aromatic carbocycles. The fourth-order valence-electron chi connectivity index (χ4n) is 1.78. The summed E-state index contributed by atoms with van der Waals surface area (Å²) in [6.45, 7) is 5.39. The Morgan fingerprint density at radius 3 is 2.50 bits per heavy atom. The summed E-state index contributed by atoms with van der Waals surface area (Å²) in [7, 11) is 0. The number of rotatable bonds is 4. The van der Waals surface area contributed by atoms with E-state index in [0.29, 0.717) is 6.54 Å². The lowest BCUT2D eigenvalue weighted by Gasteiger charge is -2.27. The van der Waals surface area contributed by atoms with Gasteiger partial charge >= 0.3 is 0 Å². The van der Waals surface area contributed by atoms with Crippen molar-refractivity contribution in [1.82, 2.24) is 10.2 Å². The van der Waals surface area contributed by atoms with Gasteiger partial charge in [0.1, 0.15) is 0 Å². The Morgan fingerprint density at radius 1 is 1.50 bits per heavy atom. The van der Waals surface area contributed by atoms with Crippen LogP contribution < -0.4 is 11.1 Å². The number of halogens is 1. The predicted molar refractivity (Wildman–Crippen MR) is 64.3 cm³/mol. The minimum atomic E-state index is -0.456. The van der Waals surface area contributed by atoms with Crippen LogP contribution in [0.5, 0.6) is 0 Å². The van der Waals surface area contributed by atoms with Crippen LogP contribution in [0, 0.1) is 5.92 Å². The quantitative estimate of drug-likeness (QED) is 0.721. The average molecular weight is 250 g/mol. The average Bonchev–Trinajstić information content (AvgIpc) is 2.65. The summed E-state index contributed by atoms with van der Waals surface area (Å²) >= 11 is 0. The van der Waals surface area contributed by atoms with Crippen LogP contribution in [0.4, 0.5) is 0 Å². The Hall–Kier alpha value is -0.810. The van der Waals surface area contributed by atoms with Gasteiger partial charge in [0.25, 0.3) is 0 Å². The summed E-state index contributed by atoms with van der Waals surface area (Å²) in [5.41, 5.74) is 5.12. The van der Waals surface area contributed by atoms with Crippen LogP contribution >= 0.6 is 12.4 Å². The summed E-state index contributed by atoms with van der Waals surface area (Å²) in [6, 6.07) is 0.0191. The second-order valence-electron chi connectivity index (χ2n) is 4.22. The molecule has 0 unspecified atom stereocenters. The SMILES string of the molecule is CC(C)N(CC(N)=O)C(=O)[C@@H]1CCNC1.Cl. The standard InChI is InChI=1S/C10H19N3O2.ClH/c1-7(2)13(6-9(11)14)10(15)8-3-4-12-5-8;/h7-8,12H,3-6H2,1-2H3,(H2,11,14);1H/t8-;/m1./s1. The van der Waals surface area contributed by atoms with E-state index >= 15 is 0 Å². The lowest BCUT2D eigenvalue weighted by atomic mass is 10.1. The van der Waals surface area contributed by atoms with Crippen molar-refractivity contribution in [2.75, 3.05) is 19.6 Å². The molecule has 0 aromatic rings. The lowest BCUT2D eigenvalue weighted by molar-refractivity contribution is -0.140. The molecular formula is C10H20ClN3O2. The van der Waals surface area contributed by atoms with Gasteiger partial charge in [-0.25, -0.2) is 0 Å². The Bertz CT molecular complexity index is 252. The van der Waals surface area contributed by atoms with Crippen molar-refractivity contribution < 1.29 is 9.59 Å². The summed E-state index contributed by atoms with van der Waals surface area (Å²) in [6.07, 6.45) is 0.848. The molecule has 1 aliphatic rings. The van der Waals surface area contributed by atoms with E-state index in [9.17, 15) is 9.59 Å². The largest absolute Gasteiger partial charge is 0.368 e. The molecule has 6 heteroatoms. The van der Waals surface area contributed by atoms with Crippen LogP contribution in [0.25, 0.3) is 0 Å². The Balaban J connectivity index is 0.00000225. The summed E-state index contributed by atoms with van der Waals surface area (Å²) in [5.74, 6) is -0.413. The van der Waals surface area contributed by atoms with Crippen LogP contribution in [-0.2, 0) is 9.59 Å². The van der Waals surface area contributed by atoms with Crippen LogP contribution in [0.15, 0.2) is 0 Å². The van der Waals surface area contributed by atoms with Gasteiger partial charge < -0.3 is 16.0 Å². The van der Waals surface area contributed by atoms with E-state index in [0.717, 1.165) is 13.0 Å². The van der Waals surface area contributed by atoms with E-state index in [4.69, 9.17) is 5.73 Å². The number of nitrogens with two attached hydrogens (primary N) is 1. The van der Waals surface area contributed by atoms with Crippen molar-refractivity contribution in [3.8, 4) is 0 Å². The molecule has 1 rings (SSSR count). The van der Waals surface area contributed by atoms with Gasteiger partial charge in [-0.1, -0.05) is 0 Å². The molecule has 0 saturated carbocycles. The van der Waals surface area contributed by atoms with Gasteiger partial charge in [-0.15, -0.1) is 12.4 Å². The molecule has 0 spiro atoms. The maximum Gasteiger partial charge on any atom is 0.237 e. The summed E-state index contributed by atoms with van der Waals surface area (Å²) < 4.78 is 0. The molecule has 0 aliphatic carbocycles. The van der Waals surface area contributed by atoms with Gasteiger partial charge in [-0.2, -0.15) is 0 Å². The first kappa shape index (κ1) is 15.2. The molecule has 1 aliphatic heterocycles. The van der Waals surface area contributed by atoms with Crippen molar-refractivity contribution in [2.24, 2.45) is 11.7 Å². The van der Waals surface area contributed by atoms with Gasteiger partial charge in [0.05, 0.1) is 12.5 Å². The van der Waals surface area contributed by atoms with Crippen molar-refractivity contribution in [3.05, 3.63) is 0 Å². The Labute approximate surface area is 102 Å². The number of nitrogens with zero attached hydrogens (tertiary/aromatic N) is 1. The first-order valence-corrected chi connectivity index (χ1v) is 5.32. The van der Waals surface area contributed by atoms with Crippen LogP contribution in [0.3, 0.4) is 0 Å². The van der Waals surface area contributed by atoms with E-state index < -0.39 is 5.91 Å².